The Kier molecular flexibility index (Phi) is 7.57. The van der Waals surface area contributed by atoms with Gasteiger partial charge in [0, 0.05) is 30.3 Å². The van der Waals surface area contributed by atoms with Crippen LogP contribution < -0.4 is 16.2 Å². The topological polar surface area (TPSA) is 149 Å². The molecule has 0 saturated carbocycles. The molecule has 42 heavy (non-hydrogen) atoms. The molecule has 4 aromatic rings. The molecule has 0 bridgehead atoms. The minimum absolute atomic E-state index is 0.0518. The molecule has 1 atom stereocenters. The van der Waals surface area contributed by atoms with Gasteiger partial charge in [0.1, 0.15) is 41.0 Å². The van der Waals surface area contributed by atoms with Crippen LogP contribution in [0.1, 0.15) is 32.7 Å². The molecule has 0 unspecified atom stereocenters. The highest BCUT2D eigenvalue weighted by molar-refractivity contribution is 5.99. The number of anilines is 1. The van der Waals surface area contributed by atoms with Crippen molar-refractivity contribution >= 4 is 22.8 Å². The highest BCUT2D eigenvalue weighted by atomic mass is 19.2. The number of hydrogen-bond acceptors (Lipinski definition) is 8. The van der Waals surface area contributed by atoms with Crippen LogP contribution in [-0.4, -0.2) is 49.2 Å². The SMILES string of the molecule is CC(C)(N)/C=C(/C#N)C(=O)N1CCC[C@H](n2nc(-c3ccc(Oc4cccc(F)c4F)cc3F)c3c(N)ncnc32)C1. The Morgan fingerprint density at radius 1 is 1.19 bits per heavy atom. The maximum absolute atomic E-state index is 15.5. The zero-order valence-electron chi connectivity index (χ0n) is 22.8. The second kappa shape index (κ2) is 11.1. The third-order valence-corrected chi connectivity index (χ3v) is 6.75. The average molecular weight is 577 g/mol. The molecule has 1 fully saturated rings. The van der Waals surface area contributed by atoms with E-state index >= 15 is 4.39 Å². The highest BCUT2D eigenvalue weighted by Crippen LogP contribution is 2.37. The van der Waals surface area contributed by atoms with E-state index in [0.29, 0.717) is 30.4 Å². The van der Waals surface area contributed by atoms with Crippen molar-refractivity contribution in [3.63, 3.8) is 0 Å². The summed E-state index contributed by atoms with van der Waals surface area (Å²) in [4.78, 5) is 23.1. The van der Waals surface area contributed by atoms with Gasteiger partial charge in [-0.05, 0) is 57.0 Å². The van der Waals surface area contributed by atoms with Crippen LogP contribution in [0.4, 0.5) is 19.0 Å². The summed E-state index contributed by atoms with van der Waals surface area (Å²) in [6.45, 7) is 4.04. The first kappa shape index (κ1) is 28.6. The number of benzene rings is 2. The first-order valence-electron chi connectivity index (χ1n) is 13.1. The lowest BCUT2D eigenvalue weighted by Gasteiger charge is -2.33. The standard InChI is InChI=1S/C29H27F3N8O2/c1-29(2,35)12-16(13-33)28(41)39-10-4-5-17(14-39)40-27-23(26(34)36-15-37-27)25(38-40)19-9-8-18(11-21(19)31)42-22-7-3-6-20(30)24(22)32/h3,6-9,11-12,15,17H,4-5,10,14,35H2,1-2H3,(H2,34,36,37)/b16-12-/t17-/m0/s1. The van der Waals surface area contributed by atoms with Crippen molar-refractivity contribution in [2.45, 2.75) is 38.3 Å². The van der Waals surface area contributed by atoms with Gasteiger partial charge in [0.15, 0.2) is 17.2 Å². The maximum atomic E-state index is 15.5. The van der Waals surface area contributed by atoms with Crippen LogP contribution in [0.25, 0.3) is 22.3 Å². The van der Waals surface area contributed by atoms with Crippen molar-refractivity contribution in [1.29, 1.82) is 5.26 Å². The summed E-state index contributed by atoms with van der Waals surface area (Å²) in [6.07, 6.45) is 3.96. The monoisotopic (exact) mass is 576 g/mol. The number of piperidine rings is 1. The normalized spacial score (nSPS) is 16.0. The van der Waals surface area contributed by atoms with Crippen LogP contribution in [0.2, 0.25) is 0 Å². The van der Waals surface area contributed by atoms with E-state index in [1.165, 1.54) is 36.7 Å². The highest BCUT2D eigenvalue weighted by Gasteiger charge is 2.31. The predicted molar refractivity (Wildman–Crippen MR) is 148 cm³/mol. The number of nitrogens with zero attached hydrogens (tertiary/aromatic N) is 6. The summed E-state index contributed by atoms with van der Waals surface area (Å²) in [7, 11) is 0. The summed E-state index contributed by atoms with van der Waals surface area (Å²) >= 11 is 0. The van der Waals surface area contributed by atoms with Crippen LogP contribution in [0, 0.1) is 28.8 Å². The molecule has 2 aromatic heterocycles. The number of carbonyl (C=O) groups excluding carboxylic acids is 1. The number of hydrogen-bond donors (Lipinski definition) is 2. The third kappa shape index (κ3) is 5.61. The quantitative estimate of drug-likeness (QED) is 0.249. The molecule has 0 radical (unpaired) electrons. The fraction of sp³-hybridized carbons (Fsp3) is 0.276. The Morgan fingerprint density at radius 2 is 1.98 bits per heavy atom. The smallest absolute Gasteiger partial charge is 0.264 e. The van der Waals surface area contributed by atoms with E-state index < -0.39 is 34.6 Å². The number of likely N-dealkylation sites (tertiary alicyclic amines) is 1. The Morgan fingerprint density at radius 3 is 2.69 bits per heavy atom. The second-order valence-electron chi connectivity index (χ2n) is 10.6. The van der Waals surface area contributed by atoms with Crippen molar-refractivity contribution in [1.82, 2.24) is 24.6 Å². The van der Waals surface area contributed by atoms with Gasteiger partial charge in [0.05, 0.1) is 11.4 Å². The van der Waals surface area contributed by atoms with Crippen LogP contribution >= 0.6 is 0 Å². The summed E-state index contributed by atoms with van der Waals surface area (Å²) in [5.74, 6) is -3.86. The zero-order valence-corrected chi connectivity index (χ0v) is 22.8. The molecule has 10 nitrogen and oxygen atoms in total. The molecule has 1 aliphatic heterocycles. The molecule has 0 aliphatic carbocycles. The fourth-order valence-corrected chi connectivity index (χ4v) is 4.90. The third-order valence-electron chi connectivity index (χ3n) is 6.75. The first-order chi connectivity index (χ1) is 20.0. The van der Waals surface area contributed by atoms with Crippen molar-refractivity contribution in [2.75, 3.05) is 18.8 Å². The van der Waals surface area contributed by atoms with E-state index in [0.717, 1.165) is 12.1 Å². The van der Waals surface area contributed by atoms with Crippen molar-refractivity contribution in [3.05, 3.63) is 71.8 Å². The fourth-order valence-electron chi connectivity index (χ4n) is 4.90. The summed E-state index contributed by atoms with van der Waals surface area (Å²) < 4.78 is 50.1. The number of ether oxygens (including phenoxy) is 1. The lowest BCUT2D eigenvalue weighted by molar-refractivity contribution is -0.128. The van der Waals surface area contributed by atoms with Crippen LogP contribution in [0.15, 0.2) is 54.4 Å². The maximum Gasteiger partial charge on any atom is 0.264 e. The first-order valence-corrected chi connectivity index (χ1v) is 13.1. The number of nitrogen functional groups attached to an aromatic ring is 1. The van der Waals surface area contributed by atoms with Gasteiger partial charge in [0.25, 0.3) is 5.91 Å². The number of rotatable bonds is 6. The molecular formula is C29H27F3N8O2. The molecule has 1 aliphatic rings. The van der Waals surface area contributed by atoms with Crippen LogP contribution in [-0.2, 0) is 4.79 Å². The van der Waals surface area contributed by atoms with Gasteiger partial charge in [-0.25, -0.2) is 23.4 Å². The van der Waals surface area contributed by atoms with E-state index in [9.17, 15) is 18.8 Å². The average Bonchev–Trinajstić information content (AvgIpc) is 3.34. The number of halogens is 3. The Balaban J connectivity index is 1.49. The number of nitrogens with two attached hydrogens (primary N) is 2. The molecule has 2 aromatic carbocycles. The summed E-state index contributed by atoms with van der Waals surface area (Å²) in [5, 5.41) is 14.6. The summed E-state index contributed by atoms with van der Waals surface area (Å²) in [5.41, 5.74) is 11.8. The van der Waals surface area contributed by atoms with Gasteiger partial charge in [-0.3, -0.25) is 4.79 Å². The van der Waals surface area contributed by atoms with Crippen LogP contribution in [0.5, 0.6) is 11.5 Å². The number of carbonyl (C=O) groups is 1. The molecular weight excluding hydrogens is 549 g/mol. The van der Waals surface area contributed by atoms with Crippen molar-refractivity contribution in [3.8, 4) is 28.8 Å². The number of fused-ring (bicyclic) bond motifs is 1. The van der Waals surface area contributed by atoms with E-state index in [-0.39, 0.29) is 41.0 Å². The Labute approximate surface area is 239 Å². The van der Waals surface area contributed by atoms with E-state index in [4.69, 9.17) is 16.2 Å². The molecule has 4 N–H and O–H groups in total. The molecule has 13 heteroatoms. The van der Waals surface area contributed by atoms with E-state index in [1.54, 1.807) is 23.4 Å². The van der Waals surface area contributed by atoms with Gasteiger partial charge < -0.3 is 21.1 Å². The minimum Gasteiger partial charge on any atom is -0.454 e. The lowest BCUT2D eigenvalue weighted by atomic mass is 10.0. The van der Waals surface area contributed by atoms with Crippen molar-refractivity contribution < 1.29 is 22.7 Å². The number of nitriles is 1. The summed E-state index contributed by atoms with van der Waals surface area (Å²) in [6, 6.07) is 8.83. The molecule has 0 spiro atoms. The number of amides is 1. The second-order valence-corrected chi connectivity index (χ2v) is 10.6. The van der Waals surface area contributed by atoms with Crippen LogP contribution in [0.3, 0.4) is 0 Å². The Hall–Kier alpha value is -4.96. The largest absolute Gasteiger partial charge is 0.454 e. The van der Waals surface area contributed by atoms with Gasteiger partial charge in [-0.15, -0.1) is 0 Å². The number of aromatic nitrogens is 4. The van der Waals surface area contributed by atoms with E-state index in [1.807, 2.05) is 6.07 Å². The zero-order chi connectivity index (χ0) is 30.2. The van der Waals surface area contributed by atoms with Gasteiger partial charge in [0.2, 0.25) is 5.82 Å². The Bertz CT molecular complexity index is 1760. The lowest BCUT2D eigenvalue weighted by Crippen LogP contribution is -2.42. The minimum atomic E-state index is -1.19. The van der Waals surface area contributed by atoms with E-state index in [2.05, 4.69) is 15.1 Å². The molecule has 1 saturated heterocycles. The van der Waals surface area contributed by atoms with Gasteiger partial charge >= 0.3 is 0 Å². The van der Waals surface area contributed by atoms with Gasteiger partial charge in [-0.1, -0.05) is 6.07 Å². The van der Waals surface area contributed by atoms with Gasteiger partial charge in [-0.2, -0.15) is 14.8 Å². The van der Waals surface area contributed by atoms with Crippen molar-refractivity contribution in [2.24, 2.45) is 5.73 Å². The molecule has 216 valence electrons. The molecule has 1 amide bonds. The molecule has 5 rings (SSSR count). The molecule has 3 heterocycles. The predicted octanol–water partition coefficient (Wildman–Crippen LogP) is 4.64.